The molecule has 212 valence electrons. The summed E-state index contributed by atoms with van der Waals surface area (Å²) in [5.41, 5.74) is 0.834. The lowest BCUT2D eigenvalue weighted by atomic mass is 9.83. The smallest absolute Gasteiger partial charge is 0.308 e. The van der Waals surface area contributed by atoms with Crippen molar-refractivity contribution in [2.75, 3.05) is 25.1 Å². The molecule has 2 aromatic carbocycles. The fourth-order valence-electron chi connectivity index (χ4n) is 5.78. The van der Waals surface area contributed by atoms with Crippen LogP contribution < -0.4 is 14.5 Å². The first-order valence-electron chi connectivity index (χ1n) is 13.2. The van der Waals surface area contributed by atoms with Crippen LogP contribution in [0.1, 0.15) is 35.6 Å². The highest BCUT2D eigenvalue weighted by molar-refractivity contribution is 8.00. The van der Waals surface area contributed by atoms with Crippen molar-refractivity contribution in [2.24, 2.45) is 5.92 Å². The lowest BCUT2D eigenvalue weighted by Gasteiger charge is -2.31. The number of likely N-dealkylation sites (tertiary alicyclic amines) is 1. The standard InChI is InChI=1S/C28H26N4O7S2/c1-39-19-11-5-16(6-12-19)21-22-23(26(35)31(25(22)34)17-7-9-18(10-8-17)32(37)38)40-27-24(21)41-28(36)30(27)15-20(33)29-13-3-2-4-14-29/h5-12,21-23H,2-4,13-15H2,1H3/t21-,22-,23+/m0/s1. The van der Waals surface area contributed by atoms with Crippen molar-refractivity contribution in [1.29, 1.82) is 0 Å². The molecule has 0 aliphatic carbocycles. The van der Waals surface area contributed by atoms with Crippen LogP contribution in [0.3, 0.4) is 0 Å². The number of benzene rings is 2. The maximum absolute atomic E-state index is 14.0. The number of thioether (sulfide) groups is 1. The van der Waals surface area contributed by atoms with Gasteiger partial charge < -0.3 is 9.64 Å². The van der Waals surface area contributed by atoms with Gasteiger partial charge in [0.2, 0.25) is 17.7 Å². The second kappa shape index (κ2) is 10.8. The Balaban J connectivity index is 1.42. The van der Waals surface area contributed by atoms with Crippen molar-refractivity contribution in [2.45, 2.75) is 42.0 Å². The highest BCUT2D eigenvalue weighted by Gasteiger charge is 2.57. The molecule has 2 saturated heterocycles. The Hall–Kier alpha value is -3.97. The third-order valence-electron chi connectivity index (χ3n) is 7.85. The molecule has 0 spiro atoms. The van der Waals surface area contributed by atoms with E-state index in [-0.39, 0.29) is 28.7 Å². The number of nitro groups is 1. The lowest BCUT2D eigenvalue weighted by molar-refractivity contribution is -0.384. The molecule has 0 N–H and O–H groups in total. The van der Waals surface area contributed by atoms with E-state index in [1.54, 1.807) is 24.1 Å². The maximum atomic E-state index is 14.0. The summed E-state index contributed by atoms with van der Waals surface area (Å²) in [6.07, 6.45) is 2.92. The summed E-state index contributed by atoms with van der Waals surface area (Å²) < 4.78 is 6.75. The number of fused-ring (bicyclic) bond motifs is 2. The highest BCUT2D eigenvalue weighted by atomic mass is 32.2. The van der Waals surface area contributed by atoms with Gasteiger partial charge in [0.25, 0.3) is 5.69 Å². The predicted molar refractivity (Wildman–Crippen MR) is 153 cm³/mol. The Kier molecular flexibility index (Phi) is 7.16. The molecular formula is C28H26N4O7S2. The van der Waals surface area contributed by atoms with Gasteiger partial charge in [-0.1, -0.05) is 35.2 Å². The Bertz CT molecular complexity index is 1590. The summed E-state index contributed by atoms with van der Waals surface area (Å²) in [4.78, 5) is 68.0. The SMILES string of the molecule is COc1ccc([C@@H]2c3sc(=O)n(CC(=O)N4CCCCC4)c3S[C@H]3C(=O)N(c4ccc([N+](=O)[O-])cc4)C(=O)[C@@H]23)cc1. The number of piperidine rings is 1. The first-order chi connectivity index (χ1) is 19.8. The van der Waals surface area contributed by atoms with Crippen LogP contribution in [0.2, 0.25) is 0 Å². The van der Waals surface area contributed by atoms with E-state index in [1.807, 2.05) is 12.1 Å². The van der Waals surface area contributed by atoms with Gasteiger partial charge in [0, 0.05) is 36.0 Å². The molecule has 3 aliphatic heterocycles. The predicted octanol–water partition coefficient (Wildman–Crippen LogP) is 3.63. The van der Waals surface area contributed by atoms with E-state index in [0.717, 1.165) is 52.8 Å². The normalized spacial score (nSPS) is 21.9. The molecule has 41 heavy (non-hydrogen) atoms. The van der Waals surface area contributed by atoms with Crippen molar-refractivity contribution >= 4 is 52.2 Å². The van der Waals surface area contributed by atoms with Gasteiger partial charge in [0.1, 0.15) is 17.5 Å². The number of anilines is 1. The molecule has 11 nitrogen and oxygen atoms in total. The number of rotatable bonds is 6. The number of imide groups is 1. The van der Waals surface area contributed by atoms with Gasteiger partial charge in [-0.05, 0) is 49.1 Å². The molecule has 0 saturated carbocycles. The average Bonchev–Trinajstić information content (AvgIpc) is 3.43. The third kappa shape index (κ3) is 4.72. The second-order valence-corrected chi connectivity index (χ2v) is 12.3. The summed E-state index contributed by atoms with van der Waals surface area (Å²) in [5.74, 6) is -1.84. The molecule has 4 heterocycles. The highest BCUT2D eigenvalue weighted by Crippen LogP contribution is 2.54. The van der Waals surface area contributed by atoms with E-state index in [1.165, 1.54) is 28.8 Å². The summed E-state index contributed by atoms with van der Waals surface area (Å²) in [6, 6.07) is 12.5. The van der Waals surface area contributed by atoms with Crippen LogP contribution >= 0.6 is 23.1 Å². The van der Waals surface area contributed by atoms with Gasteiger partial charge in [0.05, 0.1) is 28.7 Å². The van der Waals surface area contributed by atoms with Gasteiger partial charge in [-0.2, -0.15) is 0 Å². The Labute approximate surface area is 242 Å². The van der Waals surface area contributed by atoms with Crippen molar-refractivity contribution in [1.82, 2.24) is 9.47 Å². The molecule has 3 amide bonds. The number of carbonyl (C=O) groups is 3. The van der Waals surface area contributed by atoms with Gasteiger partial charge in [-0.25, -0.2) is 4.90 Å². The molecule has 0 radical (unpaired) electrons. The quantitative estimate of drug-likeness (QED) is 0.240. The fourth-order valence-corrected chi connectivity index (χ4v) is 8.56. The number of hydrogen-bond acceptors (Lipinski definition) is 9. The van der Waals surface area contributed by atoms with Crippen LogP contribution in [-0.4, -0.2) is 57.6 Å². The monoisotopic (exact) mass is 594 g/mol. The fraction of sp³-hybridized carbons (Fsp3) is 0.357. The summed E-state index contributed by atoms with van der Waals surface area (Å²) in [7, 11) is 1.55. The zero-order valence-corrected chi connectivity index (χ0v) is 23.7. The van der Waals surface area contributed by atoms with Crippen molar-refractivity contribution < 1.29 is 24.0 Å². The molecule has 0 unspecified atom stereocenters. The van der Waals surface area contributed by atoms with E-state index in [0.29, 0.717) is 28.7 Å². The van der Waals surface area contributed by atoms with Gasteiger partial charge >= 0.3 is 4.87 Å². The van der Waals surface area contributed by atoms with E-state index in [9.17, 15) is 29.3 Å². The number of ether oxygens (including phenoxy) is 1. The topological polar surface area (TPSA) is 132 Å². The largest absolute Gasteiger partial charge is 0.497 e. The Morgan fingerprint density at radius 2 is 1.68 bits per heavy atom. The zero-order valence-electron chi connectivity index (χ0n) is 22.1. The minimum Gasteiger partial charge on any atom is -0.497 e. The second-order valence-electron chi connectivity index (χ2n) is 10.2. The Morgan fingerprint density at radius 3 is 2.32 bits per heavy atom. The van der Waals surface area contributed by atoms with Crippen LogP contribution in [0, 0.1) is 16.0 Å². The van der Waals surface area contributed by atoms with E-state index >= 15 is 0 Å². The average molecular weight is 595 g/mol. The zero-order chi connectivity index (χ0) is 28.8. The first-order valence-corrected chi connectivity index (χ1v) is 14.9. The number of hydrogen-bond donors (Lipinski definition) is 0. The van der Waals surface area contributed by atoms with Crippen LogP contribution in [-0.2, 0) is 20.9 Å². The number of nitro benzene ring substituents is 1. The van der Waals surface area contributed by atoms with Crippen molar-refractivity contribution in [3.05, 3.63) is 78.8 Å². The number of aromatic nitrogens is 1. The van der Waals surface area contributed by atoms with Crippen molar-refractivity contribution in [3.63, 3.8) is 0 Å². The van der Waals surface area contributed by atoms with Crippen molar-refractivity contribution in [3.8, 4) is 5.75 Å². The van der Waals surface area contributed by atoms with Crippen LogP contribution in [0.25, 0.3) is 0 Å². The molecule has 3 aromatic rings. The van der Waals surface area contributed by atoms with Gasteiger partial charge in [-0.3, -0.25) is 33.9 Å². The molecule has 0 bridgehead atoms. The molecule has 6 rings (SSSR count). The molecule has 2 fully saturated rings. The molecule has 3 atom stereocenters. The first kappa shape index (κ1) is 27.2. The number of thiazole rings is 1. The van der Waals surface area contributed by atoms with E-state index in [4.69, 9.17) is 4.74 Å². The molecule has 13 heteroatoms. The maximum Gasteiger partial charge on any atom is 0.308 e. The minimum atomic E-state index is -0.845. The summed E-state index contributed by atoms with van der Waals surface area (Å²) in [6.45, 7) is 1.19. The van der Waals surface area contributed by atoms with Gasteiger partial charge in [0.15, 0.2) is 0 Å². The van der Waals surface area contributed by atoms with Crippen LogP contribution in [0.15, 0.2) is 58.4 Å². The molecule has 1 aromatic heterocycles. The minimum absolute atomic E-state index is 0.126. The third-order valence-corrected chi connectivity index (χ3v) is 10.4. The number of methoxy groups -OCH3 is 1. The molecular weight excluding hydrogens is 568 g/mol. The number of non-ortho nitro benzene ring substituents is 1. The van der Waals surface area contributed by atoms with Crippen LogP contribution in [0.4, 0.5) is 11.4 Å². The number of nitrogens with zero attached hydrogens (tertiary/aromatic N) is 4. The van der Waals surface area contributed by atoms with Crippen LogP contribution in [0.5, 0.6) is 5.75 Å². The molecule has 3 aliphatic rings. The van der Waals surface area contributed by atoms with Gasteiger partial charge in [-0.15, -0.1) is 0 Å². The number of amides is 3. The Morgan fingerprint density at radius 1 is 1.00 bits per heavy atom. The van der Waals surface area contributed by atoms with E-state index < -0.39 is 33.8 Å². The van der Waals surface area contributed by atoms with E-state index in [2.05, 4.69) is 0 Å². The summed E-state index contributed by atoms with van der Waals surface area (Å²) in [5, 5.41) is 10.8. The lowest BCUT2D eigenvalue weighted by Crippen LogP contribution is -2.39. The summed E-state index contributed by atoms with van der Waals surface area (Å²) >= 11 is 2.15. The number of carbonyl (C=O) groups excluding carboxylic acids is 3.